The second kappa shape index (κ2) is 9.23. The van der Waals surface area contributed by atoms with E-state index in [1.807, 2.05) is 36.1 Å². The monoisotopic (exact) mass is 516 g/mol. The number of pyridine rings is 1. The number of halogens is 1. The molecule has 9 heteroatoms. The van der Waals surface area contributed by atoms with E-state index in [2.05, 4.69) is 15.3 Å². The lowest BCUT2D eigenvalue weighted by molar-refractivity contribution is 0.0684. The Morgan fingerprint density at radius 3 is 2.78 bits per heavy atom. The van der Waals surface area contributed by atoms with Gasteiger partial charge >= 0.3 is 0 Å². The third-order valence-electron chi connectivity index (χ3n) is 7.10. The maximum atomic E-state index is 13.9. The summed E-state index contributed by atoms with van der Waals surface area (Å²) in [5, 5.41) is 4.56. The largest absolute Gasteiger partial charge is 0.496 e. The summed E-state index contributed by atoms with van der Waals surface area (Å²) in [5.41, 5.74) is 1.93. The number of piperidine rings is 1. The lowest BCUT2D eigenvalue weighted by Crippen LogP contribution is -2.45. The molecule has 1 aliphatic carbocycles. The van der Waals surface area contributed by atoms with Crippen LogP contribution >= 0.6 is 11.3 Å². The molecular formula is C28H25FN4O3S. The van der Waals surface area contributed by atoms with Gasteiger partial charge in [0.15, 0.2) is 0 Å². The zero-order valence-corrected chi connectivity index (χ0v) is 21.2. The summed E-state index contributed by atoms with van der Waals surface area (Å²) in [5.74, 6) is 0.172. The summed E-state index contributed by atoms with van der Waals surface area (Å²) in [7, 11) is 1.57. The number of fused-ring (bicyclic) bond motifs is 2. The highest BCUT2D eigenvalue weighted by atomic mass is 32.1. The van der Waals surface area contributed by atoms with Gasteiger partial charge in [0.05, 0.1) is 28.6 Å². The van der Waals surface area contributed by atoms with Crippen molar-refractivity contribution in [1.29, 1.82) is 0 Å². The number of rotatable bonds is 6. The fourth-order valence-corrected chi connectivity index (χ4v) is 6.21. The van der Waals surface area contributed by atoms with E-state index in [0.29, 0.717) is 39.9 Å². The maximum Gasteiger partial charge on any atom is 0.274 e. The SMILES string of the molecule is COc1cc(C(=O)NC[C@@H]2CC3CC3N2C(=O)c2nc(C)sc2-c2cccc(F)c2)nc2ccccc12. The minimum Gasteiger partial charge on any atom is -0.496 e. The van der Waals surface area contributed by atoms with E-state index in [1.165, 1.54) is 23.5 Å². The third-order valence-corrected chi connectivity index (χ3v) is 8.12. The van der Waals surface area contributed by atoms with E-state index in [-0.39, 0.29) is 35.4 Å². The zero-order valence-electron chi connectivity index (χ0n) is 20.4. The second-order valence-electron chi connectivity index (χ2n) is 9.52. The second-order valence-corrected chi connectivity index (χ2v) is 10.7. The summed E-state index contributed by atoms with van der Waals surface area (Å²) in [6.07, 6.45) is 1.78. The predicted molar refractivity (Wildman–Crippen MR) is 139 cm³/mol. The van der Waals surface area contributed by atoms with Crippen LogP contribution in [-0.2, 0) is 0 Å². The van der Waals surface area contributed by atoms with Gasteiger partial charge in [-0.3, -0.25) is 9.59 Å². The number of thiazole rings is 1. The van der Waals surface area contributed by atoms with Crippen LogP contribution in [0.25, 0.3) is 21.3 Å². The highest BCUT2D eigenvalue weighted by molar-refractivity contribution is 7.15. The molecule has 2 aliphatic rings. The van der Waals surface area contributed by atoms with Crippen molar-refractivity contribution in [3.63, 3.8) is 0 Å². The highest BCUT2D eigenvalue weighted by Crippen LogP contribution is 2.48. The number of nitrogens with one attached hydrogen (secondary N) is 1. The van der Waals surface area contributed by atoms with Crippen molar-refractivity contribution in [1.82, 2.24) is 20.2 Å². The van der Waals surface area contributed by atoms with Gasteiger partial charge in [0, 0.05) is 24.0 Å². The number of methoxy groups -OCH3 is 1. The molecule has 6 rings (SSSR count). The van der Waals surface area contributed by atoms with Gasteiger partial charge in [-0.2, -0.15) is 0 Å². The summed E-state index contributed by atoms with van der Waals surface area (Å²) in [4.78, 5) is 38.4. The van der Waals surface area contributed by atoms with Crippen molar-refractivity contribution in [3.8, 4) is 16.2 Å². The molecule has 1 saturated heterocycles. The number of aryl methyl sites for hydroxylation is 1. The van der Waals surface area contributed by atoms with Crippen LogP contribution in [0.4, 0.5) is 4.39 Å². The summed E-state index contributed by atoms with van der Waals surface area (Å²) < 4.78 is 19.4. The zero-order chi connectivity index (χ0) is 25.7. The van der Waals surface area contributed by atoms with Crippen molar-refractivity contribution in [3.05, 3.63) is 76.8 Å². The van der Waals surface area contributed by atoms with Crippen LogP contribution in [0.3, 0.4) is 0 Å². The van der Waals surface area contributed by atoms with E-state index < -0.39 is 0 Å². The van der Waals surface area contributed by atoms with Crippen LogP contribution in [-0.4, -0.2) is 52.4 Å². The molecule has 2 unspecified atom stereocenters. The molecule has 2 fully saturated rings. The molecule has 3 heterocycles. The van der Waals surface area contributed by atoms with Crippen LogP contribution in [0.15, 0.2) is 54.6 Å². The minimum atomic E-state index is -0.357. The molecule has 1 aliphatic heterocycles. The first-order chi connectivity index (χ1) is 17.9. The fraction of sp³-hybridized carbons (Fsp3) is 0.286. The van der Waals surface area contributed by atoms with E-state index in [0.717, 1.165) is 23.2 Å². The minimum absolute atomic E-state index is 0.148. The molecule has 0 spiro atoms. The Kier molecular flexibility index (Phi) is 5.87. The average Bonchev–Trinajstić information content (AvgIpc) is 3.39. The molecular weight excluding hydrogens is 491 g/mol. The van der Waals surface area contributed by atoms with Crippen molar-refractivity contribution >= 4 is 34.1 Å². The van der Waals surface area contributed by atoms with Crippen LogP contribution in [0.5, 0.6) is 5.75 Å². The van der Waals surface area contributed by atoms with Gasteiger partial charge in [-0.15, -0.1) is 11.3 Å². The molecule has 1 saturated carbocycles. The smallest absolute Gasteiger partial charge is 0.274 e. The summed E-state index contributed by atoms with van der Waals surface area (Å²) in [6.45, 7) is 2.16. The van der Waals surface area contributed by atoms with E-state index in [1.54, 1.807) is 25.3 Å². The fourth-order valence-electron chi connectivity index (χ4n) is 5.31. The van der Waals surface area contributed by atoms with E-state index >= 15 is 0 Å². The van der Waals surface area contributed by atoms with E-state index in [9.17, 15) is 14.0 Å². The van der Waals surface area contributed by atoms with Gasteiger partial charge < -0.3 is 15.0 Å². The maximum absolute atomic E-state index is 13.9. The molecule has 0 radical (unpaired) electrons. The quantitative estimate of drug-likeness (QED) is 0.396. The van der Waals surface area contributed by atoms with Gasteiger partial charge in [0.2, 0.25) is 0 Å². The van der Waals surface area contributed by atoms with Gasteiger partial charge in [0.25, 0.3) is 11.8 Å². The first-order valence-electron chi connectivity index (χ1n) is 12.2. The van der Waals surface area contributed by atoms with Crippen LogP contribution in [0.2, 0.25) is 0 Å². The number of benzene rings is 2. The van der Waals surface area contributed by atoms with Gasteiger partial charge in [-0.05, 0) is 55.5 Å². The molecule has 3 atom stereocenters. The first-order valence-corrected chi connectivity index (χ1v) is 13.0. The number of hydrogen-bond acceptors (Lipinski definition) is 6. The van der Waals surface area contributed by atoms with Crippen molar-refractivity contribution in [2.45, 2.75) is 31.8 Å². The highest BCUT2D eigenvalue weighted by Gasteiger charge is 2.54. The Labute approximate surface area is 217 Å². The van der Waals surface area contributed by atoms with E-state index in [4.69, 9.17) is 4.74 Å². The molecule has 4 aromatic rings. The average molecular weight is 517 g/mol. The molecule has 2 aromatic carbocycles. The van der Waals surface area contributed by atoms with Crippen molar-refractivity contribution < 1.29 is 18.7 Å². The number of carbonyl (C=O) groups excluding carboxylic acids is 2. The number of carbonyl (C=O) groups is 2. The molecule has 188 valence electrons. The standard InChI is InChI=1S/C28H25FN4O3S/c1-15-31-25(26(37-15)16-6-5-7-18(29)10-16)28(35)33-19(11-17-12-23(17)33)14-30-27(34)22-13-24(36-2)20-8-3-4-9-21(20)32-22/h3-10,13,17,19,23H,11-12,14H2,1-2H3,(H,30,34)/t17?,19-,23?/m0/s1. The lowest BCUT2D eigenvalue weighted by Gasteiger charge is -2.27. The number of hydrogen-bond donors (Lipinski definition) is 1. The number of para-hydroxylation sites is 1. The third kappa shape index (κ3) is 4.33. The molecule has 37 heavy (non-hydrogen) atoms. The number of amides is 2. The predicted octanol–water partition coefficient (Wildman–Crippen LogP) is 4.85. The molecule has 1 N–H and O–H groups in total. The van der Waals surface area contributed by atoms with Gasteiger partial charge in [0.1, 0.15) is 23.0 Å². The summed E-state index contributed by atoms with van der Waals surface area (Å²) in [6, 6.07) is 15.4. The Morgan fingerprint density at radius 2 is 1.97 bits per heavy atom. The topological polar surface area (TPSA) is 84.4 Å². The Bertz CT molecular complexity index is 1540. The normalized spacial score (nSPS) is 20.1. The number of aromatic nitrogens is 2. The molecule has 2 amide bonds. The molecule has 0 bridgehead atoms. The Hall–Kier alpha value is -3.85. The Balaban J connectivity index is 1.22. The van der Waals surface area contributed by atoms with Crippen molar-refractivity contribution in [2.24, 2.45) is 5.92 Å². The number of likely N-dealkylation sites (tertiary alicyclic amines) is 1. The molecule has 7 nitrogen and oxygen atoms in total. The summed E-state index contributed by atoms with van der Waals surface area (Å²) >= 11 is 1.38. The van der Waals surface area contributed by atoms with Gasteiger partial charge in [-0.1, -0.05) is 24.3 Å². The molecule has 2 aromatic heterocycles. The number of nitrogens with zero attached hydrogens (tertiary/aromatic N) is 3. The van der Waals surface area contributed by atoms with Gasteiger partial charge in [-0.25, -0.2) is 14.4 Å². The van der Waals surface area contributed by atoms with Crippen LogP contribution < -0.4 is 10.1 Å². The van der Waals surface area contributed by atoms with Crippen LogP contribution in [0, 0.1) is 18.7 Å². The Morgan fingerprint density at radius 1 is 1.14 bits per heavy atom. The first kappa shape index (κ1) is 23.5. The number of ether oxygens (including phenoxy) is 1. The van der Waals surface area contributed by atoms with Crippen LogP contribution in [0.1, 0.15) is 38.8 Å². The lowest BCUT2D eigenvalue weighted by atomic mass is 10.1. The van der Waals surface area contributed by atoms with Crippen molar-refractivity contribution in [2.75, 3.05) is 13.7 Å².